The minimum Gasteiger partial charge on any atom is -0.481 e. The summed E-state index contributed by atoms with van der Waals surface area (Å²) in [6.07, 6.45) is 1.01. The molecule has 1 unspecified atom stereocenters. The van der Waals surface area contributed by atoms with Crippen LogP contribution < -0.4 is 14.4 Å². The molecule has 3 aromatic carbocycles. The van der Waals surface area contributed by atoms with Gasteiger partial charge in [-0.3, -0.25) is 9.10 Å². The first-order valence-electron chi connectivity index (χ1n) is 9.74. The Kier molecular flexibility index (Phi) is 6.62. The van der Waals surface area contributed by atoms with Crippen molar-refractivity contribution in [3.05, 3.63) is 72.3 Å². The number of carbonyl (C=O) groups is 1. The van der Waals surface area contributed by atoms with Crippen molar-refractivity contribution in [2.75, 3.05) is 17.6 Å². The van der Waals surface area contributed by atoms with Gasteiger partial charge >= 0.3 is 0 Å². The number of fused-ring (bicyclic) bond motifs is 1. The van der Waals surface area contributed by atoms with Crippen LogP contribution in [0.4, 0.5) is 5.69 Å². The molecule has 3 rings (SSSR count). The average molecular weight is 427 g/mol. The Balaban J connectivity index is 1.65. The summed E-state index contributed by atoms with van der Waals surface area (Å²) in [6, 6.07) is 20.7. The lowest BCUT2D eigenvalue weighted by Crippen LogP contribution is -2.37. The molecule has 1 amide bonds. The van der Waals surface area contributed by atoms with Crippen molar-refractivity contribution in [2.24, 2.45) is 0 Å². The van der Waals surface area contributed by atoms with E-state index >= 15 is 0 Å². The number of ether oxygens (including phenoxy) is 1. The molecule has 1 atom stereocenters. The van der Waals surface area contributed by atoms with E-state index in [0.717, 1.165) is 22.6 Å². The molecular formula is C23H26N2O4S. The number of rotatable bonds is 8. The lowest BCUT2D eigenvalue weighted by Gasteiger charge is -2.19. The molecule has 0 radical (unpaired) electrons. The Bertz CT molecular complexity index is 1120. The smallest absolute Gasteiger partial charge is 0.261 e. The number of amides is 1. The molecule has 1 N–H and O–H groups in total. The average Bonchev–Trinajstić information content (AvgIpc) is 2.75. The number of nitrogens with one attached hydrogen (secondary N) is 1. The molecule has 0 saturated carbocycles. The molecule has 0 aliphatic rings. The van der Waals surface area contributed by atoms with Gasteiger partial charge in [0.2, 0.25) is 10.0 Å². The SMILES string of the molecule is CCC(Oc1ccc(N(C)S(C)(=O)=O)cc1)C(=O)NCc1cccc2ccccc12. The van der Waals surface area contributed by atoms with E-state index in [-0.39, 0.29) is 5.91 Å². The third kappa shape index (κ3) is 5.10. The number of hydrogen-bond acceptors (Lipinski definition) is 4. The van der Waals surface area contributed by atoms with E-state index in [1.165, 1.54) is 11.4 Å². The normalized spacial score (nSPS) is 12.4. The molecule has 3 aromatic rings. The van der Waals surface area contributed by atoms with Crippen LogP contribution in [0.5, 0.6) is 5.75 Å². The van der Waals surface area contributed by atoms with Crippen LogP contribution in [-0.4, -0.2) is 33.7 Å². The van der Waals surface area contributed by atoms with Crippen molar-refractivity contribution >= 4 is 32.4 Å². The monoisotopic (exact) mass is 426 g/mol. The molecule has 0 spiro atoms. The topological polar surface area (TPSA) is 75.7 Å². The van der Waals surface area contributed by atoms with Crippen molar-refractivity contribution in [2.45, 2.75) is 26.0 Å². The van der Waals surface area contributed by atoms with Gasteiger partial charge < -0.3 is 10.1 Å². The van der Waals surface area contributed by atoms with Crippen LogP contribution in [0.2, 0.25) is 0 Å². The van der Waals surface area contributed by atoms with Crippen LogP contribution in [0.15, 0.2) is 66.7 Å². The predicted molar refractivity (Wildman–Crippen MR) is 120 cm³/mol. The standard InChI is InChI=1S/C23H26N2O4S/c1-4-22(29-20-14-12-19(13-15-20)25(2)30(3,27)28)23(26)24-16-18-10-7-9-17-8-5-6-11-21(17)18/h5-15,22H,4,16H2,1-3H3,(H,24,26). The Morgan fingerprint density at radius 1 is 1.03 bits per heavy atom. The predicted octanol–water partition coefficient (Wildman–Crippen LogP) is 3.71. The second kappa shape index (κ2) is 9.17. The first kappa shape index (κ1) is 21.6. The van der Waals surface area contributed by atoms with Crippen LogP contribution >= 0.6 is 0 Å². The summed E-state index contributed by atoms with van der Waals surface area (Å²) in [4.78, 5) is 12.7. The van der Waals surface area contributed by atoms with E-state index in [1.807, 2.05) is 49.4 Å². The number of anilines is 1. The highest BCUT2D eigenvalue weighted by Gasteiger charge is 2.19. The maximum Gasteiger partial charge on any atom is 0.261 e. The van der Waals surface area contributed by atoms with Gasteiger partial charge in [0.25, 0.3) is 5.91 Å². The molecule has 0 saturated heterocycles. The Hall–Kier alpha value is -3.06. The highest BCUT2D eigenvalue weighted by Crippen LogP contribution is 2.22. The molecule has 0 aliphatic carbocycles. The van der Waals surface area contributed by atoms with Crippen LogP contribution in [0.3, 0.4) is 0 Å². The van der Waals surface area contributed by atoms with Gasteiger partial charge in [-0.2, -0.15) is 0 Å². The van der Waals surface area contributed by atoms with E-state index in [1.54, 1.807) is 24.3 Å². The first-order chi connectivity index (χ1) is 14.3. The molecule has 30 heavy (non-hydrogen) atoms. The molecule has 6 nitrogen and oxygen atoms in total. The second-order valence-corrected chi connectivity index (χ2v) is 9.11. The zero-order valence-corrected chi connectivity index (χ0v) is 18.1. The Morgan fingerprint density at radius 3 is 2.37 bits per heavy atom. The minimum absolute atomic E-state index is 0.192. The largest absolute Gasteiger partial charge is 0.481 e. The van der Waals surface area contributed by atoms with Crippen LogP contribution in [0, 0.1) is 0 Å². The summed E-state index contributed by atoms with van der Waals surface area (Å²) < 4.78 is 30.3. The molecule has 0 fully saturated rings. The van der Waals surface area contributed by atoms with Crippen molar-refractivity contribution in [3.63, 3.8) is 0 Å². The molecule has 0 aliphatic heterocycles. The highest BCUT2D eigenvalue weighted by atomic mass is 32.2. The van der Waals surface area contributed by atoms with Crippen molar-refractivity contribution in [1.82, 2.24) is 5.32 Å². The summed E-state index contributed by atoms with van der Waals surface area (Å²) in [5, 5.41) is 5.20. The second-order valence-electron chi connectivity index (χ2n) is 7.10. The van der Waals surface area contributed by atoms with E-state index in [0.29, 0.717) is 24.4 Å². The Labute approximate surface area is 177 Å². The van der Waals surface area contributed by atoms with Crippen LogP contribution in [-0.2, 0) is 21.4 Å². The van der Waals surface area contributed by atoms with Gasteiger partial charge in [-0.25, -0.2) is 8.42 Å². The number of benzene rings is 3. The number of carbonyl (C=O) groups excluding carboxylic acids is 1. The Morgan fingerprint density at radius 2 is 1.70 bits per heavy atom. The molecule has 0 bridgehead atoms. The molecule has 0 aromatic heterocycles. The van der Waals surface area contributed by atoms with Crippen LogP contribution in [0.1, 0.15) is 18.9 Å². The van der Waals surface area contributed by atoms with E-state index in [9.17, 15) is 13.2 Å². The molecular weight excluding hydrogens is 400 g/mol. The summed E-state index contributed by atoms with van der Waals surface area (Å²) in [7, 11) is -1.84. The van der Waals surface area contributed by atoms with Crippen molar-refractivity contribution in [1.29, 1.82) is 0 Å². The van der Waals surface area contributed by atoms with E-state index in [4.69, 9.17) is 4.74 Å². The van der Waals surface area contributed by atoms with Gasteiger partial charge in [0.15, 0.2) is 6.10 Å². The molecule has 7 heteroatoms. The zero-order valence-electron chi connectivity index (χ0n) is 17.3. The van der Waals surface area contributed by atoms with Crippen molar-refractivity contribution < 1.29 is 17.9 Å². The van der Waals surface area contributed by atoms with Gasteiger partial charge in [-0.1, -0.05) is 49.4 Å². The van der Waals surface area contributed by atoms with Gasteiger partial charge in [0, 0.05) is 13.6 Å². The summed E-state index contributed by atoms with van der Waals surface area (Å²) >= 11 is 0. The van der Waals surface area contributed by atoms with Crippen molar-refractivity contribution in [3.8, 4) is 5.75 Å². The summed E-state index contributed by atoms with van der Waals surface area (Å²) in [6.45, 7) is 2.30. The molecule has 158 valence electrons. The fraction of sp³-hybridized carbons (Fsp3) is 0.261. The number of nitrogens with zero attached hydrogens (tertiary/aromatic N) is 1. The quantitative estimate of drug-likeness (QED) is 0.596. The van der Waals surface area contributed by atoms with Gasteiger partial charge in [-0.05, 0) is 47.0 Å². The fourth-order valence-corrected chi connectivity index (χ4v) is 3.66. The van der Waals surface area contributed by atoms with Gasteiger partial charge in [-0.15, -0.1) is 0 Å². The third-order valence-electron chi connectivity index (χ3n) is 4.97. The number of hydrogen-bond donors (Lipinski definition) is 1. The third-order valence-corrected chi connectivity index (χ3v) is 6.18. The number of sulfonamides is 1. The summed E-state index contributed by atoms with van der Waals surface area (Å²) in [5.41, 5.74) is 1.57. The first-order valence-corrected chi connectivity index (χ1v) is 11.6. The van der Waals surface area contributed by atoms with Gasteiger partial charge in [0.1, 0.15) is 5.75 Å². The maximum atomic E-state index is 12.7. The lowest BCUT2D eigenvalue weighted by molar-refractivity contribution is -0.128. The van der Waals surface area contributed by atoms with E-state index in [2.05, 4.69) is 5.32 Å². The lowest BCUT2D eigenvalue weighted by atomic mass is 10.0. The fourth-order valence-electron chi connectivity index (χ4n) is 3.16. The highest BCUT2D eigenvalue weighted by molar-refractivity contribution is 7.92. The maximum absolute atomic E-state index is 12.7. The summed E-state index contributed by atoms with van der Waals surface area (Å²) in [5.74, 6) is 0.315. The van der Waals surface area contributed by atoms with E-state index < -0.39 is 16.1 Å². The zero-order chi connectivity index (χ0) is 21.7. The minimum atomic E-state index is -3.33. The van der Waals surface area contributed by atoms with Crippen LogP contribution in [0.25, 0.3) is 10.8 Å². The van der Waals surface area contributed by atoms with Gasteiger partial charge in [0.05, 0.1) is 11.9 Å². The molecule has 0 heterocycles.